The van der Waals surface area contributed by atoms with Gasteiger partial charge in [0.05, 0.1) is 39.6 Å². The number of aliphatic hydroxyl groups excluding tert-OH is 6. The zero-order chi connectivity index (χ0) is 24.7. The molecule has 0 heterocycles. The van der Waals surface area contributed by atoms with Crippen molar-refractivity contribution in [2.45, 2.75) is 39.9 Å². The molecule has 0 fully saturated rings. The molecule has 0 amide bonds. The van der Waals surface area contributed by atoms with Crippen LogP contribution in [0.3, 0.4) is 0 Å². The van der Waals surface area contributed by atoms with Crippen LogP contribution in [0.15, 0.2) is 0 Å². The van der Waals surface area contributed by atoms with Crippen LogP contribution in [-0.4, -0.2) is 139 Å². The van der Waals surface area contributed by atoms with E-state index in [4.69, 9.17) is 44.7 Å². The second-order valence-electron chi connectivity index (χ2n) is 6.91. The van der Waals surface area contributed by atoms with Gasteiger partial charge in [0.1, 0.15) is 0 Å². The molecular weight excluding hydrogens is 452 g/mol. The van der Waals surface area contributed by atoms with E-state index in [1.807, 2.05) is 0 Å². The molecule has 0 rings (SSSR count). The van der Waals surface area contributed by atoms with E-state index in [1.54, 1.807) is 37.5 Å². The van der Waals surface area contributed by atoms with Crippen LogP contribution in [0.1, 0.15) is 27.7 Å². The summed E-state index contributed by atoms with van der Waals surface area (Å²) in [5, 5.41) is 50.9. The van der Waals surface area contributed by atoms with E-state index in [2.05, 4.69) is 0 Å². The van der Waals surface area contributed by atoms with E-state index in [1.165, 1.54) is 0 Å². The van der Waals surface area contributed by atoms with Crippen molar-refractivity contribution in [3.8, 4) is 0 Å². The van der Waals surface area contributed by atoms with E-state index in [-0.39, 0.29) is 51.8 Å². The molecule has 0 spiro atoms. The minimum Gasteiger partial charge on any atom is -0.395 e. The predicted molar refractivity (Wildman–Crippen MR) is 112 cm³/mol. The number of rotatable bonds is 16. The Morgan fingerprint density at radius 3 is 0.839 bits per heavy atom. The normalized spacial score (nSPS) is 11.6. The van der Waals surface area contributed by atoms with Gasteiger partial charge in [-0.2, -0.15) is 0 Å². The van der Waals surface area contributed by atoms with Crippen LogP contribution in [0, 0.1) is 0 Å². The average Bonchev–Trinajstić information content (AvgIpc) is 2.62. The van der Waals surface area contributed by atoms with Gasteiger partial charge in [-0.15, -0.1) is 0 Å². The summed E-state index contributed by atoms with van der Waals surface area (Å²) in [6, 6.07) is 0. The van der Waals surface area contributed by atoms with Gasteiger partial charge in [0.2, 0.25) is 0 Å². The van der Waals surface area contributed by atoms with Gasteiger partial charge in [-0.1, -0.05) is 0 Å². The minimum absolute atomic E-state index is 0.0694. The molecule has 13 heteroatoms. The Balaban J connectivity index is -0.000000380. The van der Waals surface area contributed by atoms with Crippen LogP contribution in [0.5, 0.6) is 0 Å². The first kappa shape index (κ1) is 35.8. The van der Waals surface area contributed by atoms with E-state index in [9.17, 15) is 0 Å². The summed E-state index contributed by atoms with van der Waals surface area (Å²) in [4.78, 5) is 3.58. The molecular formula is C18H46N2O10Ti. The molecule has 0 saturated heterocycles. The van der Waals surface area contributed by atoms with E-state index < -0.39 is 18.1 Å². The smallest absolute Gasteiger partial charge is 0.0558 e. The molecule has 0 bridgehead atoms. The summed E-state index contributed by atoms with van der Waals surface area (Å²) >= 11 is -4.31. The van der Waals surface area contributed by atoms with E-state index in [0.717, 1.165) is 0 Å². The largest absolute Gasteiger partial charge is 0.395 e. The third-order valence-corrected chi connectivity index (χ3v) is 5.71. The van der Waals surface area contributed by atoms with Crippen LogP contribution in [0.25, 0.3) is 0 Å². The van der Waals surface area contributed by atoms with Crippen molar-refractivity contribution in [3.63, 3.8) is 0 Å². The first-order chi connectivity index (χ1) is 14.5. The standard InChI is InChI=1S/2C6H15NO3.2C3H7O.2H2O.Ti/c2*8-4-1-7(2-5-9)3-6-10;2*1-3(2)4;;;/h2*8-10H,1-6H2;2*3H,1-2H3;2*1H2;/q;;2*-1;;;+4/p-2. The predicted octanol–water partition coefficient (Wildman–Crippen LogP) is -2.83. The Bertz CT molecular complexity index is 297. The van der Waals surface area contributed by atoms with Crippen molar-refractivity contribution >= 4 is 0 Å². The molecule has 0 unspecified atom stereocenters. The Hall–Kier alpha value is 0.234. The fourth-order valence-electron chi connectivity index (χ4n) is 2.16. The maximum atomic E-state index is 9.15. The monoisotopic (exact) mass is 498 g/mol. The summed E-state index contributed by atoms with van der Waals surface area (Å²) in [7, 11) is 0. The number of hydrogen-bond acceptors (Lipinski definition) is 12. The first-order valence-electron chi connectivity index (χ1n) is 10.4. The Labute approximate surface area is 191 Å². The van der Waals surface area contributed by atoms with Gasteiger partial charge in [-0.3, -0.25) is 9.80 Å². The van der Waals surface area contributed by atoms with Gasteiger partial charge in [0.25, 0.3) is 0 Å². The van der Waals surface area contributed by atoms with E-state index >= 15 is 0 Å². The Morgan fingerprint density at radius 2 is 0.710 bits per heavy atom. The average molecular weight is 498 g/mol. The number of nitrogens with zero attached hydrogens (tertiary/aromatic N) is 2. The summed E-state index contributed by atoms with van der Waals surface area (Å²) in [6.45, 7) is 10.4. The third kappa shape index (κ3) is 30.2. The molecule has 8 N–H and O–H groups in total. The zero-order valence-corrected chi connectivity index (χ0v) is 21.0. The molecule has 0 atom stereocenters. The molecule has 0 aromatic carbocycles. The molecule has 0 saturated carbocycles. The molecule has 0 aliphatic carbocycles. The van der Waals surface area contributed by atoms with Gasteiger partial charge in [-0.25, -0.2) is 0 Å². The van der Waals surface area contributed by atoms with Gasteiger partial charge >= 0.3 is 72.1 Å². The van der Waals surface area contributed by atoms with Crippen molar-refractivity contribution in [2.75, 3.05) is 78.9 Å². The number of hydrogen-bond donors (Lipinski definition) is 8. The molecule has 192 valence electrons. The summed E-state index contributed by atoms with van der Waals surface area (Å²) in [5.74, 6) is 0. The van der Waals surface area contributed by atoms with Gasteiger partial charge < -0.3 is 30.6 Å². The number of aliphatic hydroxyl groups is 6. The van der Waals surface area contributed by atoms with Crippen LogP contribution < -0.4 is 0 Å². The van der Waals surface area contributed by atoms with Gasteiger partial charge in [-0.05, 0) is 0 Å². The molecule has 0 aromatic heterocycles. The van der Waals surface area contributed by atoms with Crippen molar-refractivity contribution in [3.05, 3.63) is 0 Å². The van der Waals surface area contributed by atoms with Crippen LogP contribution in [-0.2, 0) is 24.8 Å². The van der Waals surface area contributed by atoms with Crippen LogP contribution in [0.4, 0.5) is 0 Å². The third-order valence-electron chi connectivity index (χ3n) is 3.28. The first-order valence-corrected chi connectivity index (χ1v) is 13.1. The SMILES string of the molecule is CC(C)[O][Ti]([OH])([OH])[O]C(C)C.OCCN(CCO)CCO.OCCN(CCO)CCO. The van der Waals surface area contributed by atoms with Crippen molar-refractivity contribution in [2.24, 2.45) is 0 Å². The van der Waals surface area contributed by atoms with Gasteiger partial charge in [0.15, 0.2) is 0 Å². The maximum absolute atomic E-state index is 9.15. The van der Waals surface area contributed by atoms with Crippen molar-refractivity contribution in [1.82, 2.24) is 9.80 Å². The second kappa shape index (κ2) is 24.9. The molecule has 12 nitrogen and oxygen atoms in total. The Morgan fingerprint density at radius 1 is 0.516 bits per heavy atom. The topological polar surface area (TPSA) is 187 Å². The molecule has 31 heavy (non-hydrogen) atoms. The van der Waals surface area contributed by atoms with Crippen molar-refractivity contribution < 1.29 is 62.8 Å². The minimum atomic E-state index is -4.31. The molecule has 0 aromatic rings. The zero-order valence-electron chi connectivity index (χ0n) is 19.4. The summed E-state index contributed by atoms with van der Waals surface area (Å²) < 4.78 is 28.0. The van der Waals surface area contributed by atoms with Crippen molar-refractivity contribution in [1.29, 1.82) is 0 Å². The molecule has 0 aliphatic heterocycles. The van der Waals surface area contributed by atoms with Crippen LogP contribution >= 0.6 is 0 Å². The van der Waals surface area contributed by atoms with Gasteiger partial charge in [0, 0.05) is 39.3 Å². The quantitative estimate of drug-likeness (QED) is 0.102. The Kier molecular flexibility index (Phi) is 28.7. The fourth-order valence-corrected chi connectivity index (χ4v) is 4.17. The maximum Gasteiger partial charge on any atom is 0.0558 e. The van der Waals surface area contributed by atoms with E-state index in [0.29, 0.717) is 39.3 Å². The second-order valence-corrected chi connectivity index (χ2v) is 9.36. The fraction of sp³-hybridized carbons (Fsp3) is 1.00. The molecule has 0 radical (unpaired) electrons. The summed E-state index contributed by atoms with van der Waals surface area (Å²) in [5.41, 5.74) is 0. The van der Waals surface area contributed by atoms with Crippen LogP contribution in [0.2, 0.25) is 0 Å². The molecule has 0 aliphatic rings. The summed E-state index contributed by atoms with van der Waals surface area (Å²) in [6.07, 6.45) is -0.410.